The topological polar surface area (TPSA) is 23.6 Å². The van der Waals surface area contributed by atoms with Crippen molar-refractivity contribution in [2.24, 2.45) is 0 Å². The quantitative estimate of drug-likeness (QED) is 0.778. The smallest absolute Gasteiger partial charge is 0.176 e. The molecular formula is C15H21FN2O. The summed E-state index contributed by atoms with van der Waals surface area (Å²) < 4.78 is 12.8. The van der Waals surface area contributed by atoms with Crippen molar-refractivity contribution in [3.05, 3.63) is 35.6 Å². The number of rotatable bonds is 4. The number of nitrogens with zero attached hydrogens (tertiary/aromatic N) is 2. The minimum atomic E-state index is -0.304. The third-order valence-electron chi connectivity index (χ3n) is 3.79. The molecule has 1 aliphatic heterocycles. The first-order valence-corrected chi connectivity index (χ1v) is 6.85. The van der Waals surface area contributed by atoms with E-state index < -0.39 is 0 Å². The van der Waals surface area contributed by atoms with Gasteiger partial charge in [-0.05, 0) is 37.7 Å². The summed E-state index contributed by atoms with van der Waals surface area (Å²) in [4.78, 5) is 16.7. The SMILES string of the molecule is CCN1CCN(CC(=O)c2ccc(F)cc2)CC1C. The highest BCUT2D eigenvalue weighted by Gasteiger charge is 2.23. The van der Waals surface area contributed by atoms with E-state index in [4.69, 9.17) is 0 Å². The first kappa shape index (κ1) is 14.2. The van der Waals surface area contributed by atoms with E-state index in [9.17, 15) is 9.18 Å². The van der Waals surface area contributed by atoms with Gasteiger partial charge in [-0.15, -0.1) is 0 Å². The van der Waals surface area contributed by atoms with Crippen LogP contribution in [0, 0.1) is 5.82 Å². The normalized spacial score (nSPS) is 21.5. The van der Waals surface area contributed by atoms with Gasteiger partial charge in [-0.25, -0.2) is 4.39 Å². The highest BCUT2D eigenvalue weighted by Crippen LogP contribution is 2.11. The number of carbonyl (C=O) groups is 1. The molecule has 1 aromatic carbocycles. The lowest BCUT2D eigenvalue weighted by atomic mass is 10.1. The number of piperazine rings is 1. The number of likely N-dealkylation sites (N-methyl/N-ethyl adjacent to an activating group) is 1. The van der Waals surface area contributed by atoms with Crippen LogP contribution >= 0.6 is 0 Å². The molecule has 0 aromatic heterocycles. The highest BCUT2D eigenvalue weighted by atomic mass is 19.1. The average molecular weight is 264 g/mol. The van der Waals surface area contributed by atoms with E-state index in [2.05, 4.69) is 23.6 Å². The van der Waals surface area contributed by atoms with Crippen LogP contribution in [-0.2, 0) is 0 Å². The van der Waals surface area contributed by atoms with Crippen LogP contribution in [0.5, 0.6) is 0 Å². The maximum absolute atomic E-state index is 12.8. The Labute approximate surface area is 114 Å². The molecule has 1 heterocycles. The zero-order valence-corrected chi connectivity index (χ0v) is 11.6. The summed E-state index contributed by atoms with van der Waals surface area (Å²) in [6.45, 7) is 8.68. The Bertz CT molecular complexity index is 432. The van der Waals surface area contributed by atoms with E-state index in [1.54, 1.807) is 12.1 Å². The third kappa shape index (κ3) is 3.61. The number of Topliss-reactive ketones (excluding diaryl/α,β-unsaturated/α-hetero) is 1. The maximum atomic E-state index is 12.8. The zero-order valence-electron chi connectivity index (χ0n) is 11.6. The van der Waals surface area contributed by atoms with Gasteiger partial charge in [-0.1, -0.05) is 6.92 Å². The van der Waals surface area contributed by atoms with E-state index in [0.717, 1.165) is 26.2 Å². The van der Waals surface area contributed by atoms with E-state index in [-0.39, 0.29) is 11.6 Å². The van der Waals surface area contributed by atoms with Gasteiger partial charge in [0.2, 0.25) is 0 Å². The fourth-order valence-corrected chi connectivity index (χ4v) is 2.61. The van der Waals surface area contributed by atoms with Crippen LogP contribution in [0.3, 0.4) is 0 Å². The summed E-state index contributed by atoms with van der Waals surface area (Å²) in [7, 11) is 0. The van der Waals surface area contributed by atoms with Gasteiger partial charge in [0.1, 0.15) is 5.82 Å². The molecule has 0 aliphatic carbocycles. The Balaban J connectivity index is 1.91. The van der Waals surface area contributed by atoms with Crippen LogP contribution < -0.4 is 0 Å². The number of benzene rings is 1. The van der Waals surface area contributed by atoms with Gasteiger partial charge < -0.3 is 0 Å². The largest absolute Gasteiger partial charge is 0.298 e. The van der Waals surface area contributed by atoms with Crippen LogP contribution in [0.15, 0.2) is 24.3 Å². The van der Waals surface area contributed by atoms with Gasteiger partial charge in [0.15, 0.2) is 5.78 Å². The molecule has 104 valence electrons. The van der Waals surface area contributed by atoms with E-state index in [1.165, 1.54) is 12.1 Å². The Hall–Kier alpha value is -1.26. The summed E-state index contributed by atoms with van der Waals surface area (Å²) in [6.07, 6.45) is 0. The van der Waals surface area contributed by atoms with Crippen molar-refractivity contribution in [2.75, 3.05) is 32.7 Å². The molecule has 3 nitrogen and oxygen atoms in total. The molecular weight excluding hydrogens is 243 g/mol. The molecule has 0 spiro atoms. The zero-order chi connectivity index (χ0) is 13.8. The lowest BCUT2D eigenvalue weighted by Gasteiger charge is -2.39. The Morgan fingerprint density at radius 2 is 2.00 bits per heavy atom. The van der Waals surface area contributed by atoms with E-state index in [1.807, 2.05) is 0 Å². The summed E-state index contributed by atoms with van der Waals surface area (Å²) in [5.41, 5.74) is 0.590. The molecule has 1 fully saturated rings. The van der Waals surface area contributed by atoms with Gasteiger partial charge >= 0.3 is 0 Å². The molecule has 4 heteroatoms. The molecule has 0 amide bonds. The van der Waals surface area contributed by atoms with Crippen molar-refractivity contribution >= 4 is 5.78 Å². The first-order chi connectivity index (χ1) is 9.10. The molecule has 1 unspecified atom stereocenters. The van der Waals surface area contributed by atoms with E-state index >= 15 is 0 Å². The van der Waals surface area contributed by atoms with Gasteiger partial charge in [-0.3, -0.25) is 14.6 Å². The van der Waals surface area contributed by atoms with Crippen LogP contribution in [0.4, 0.5) is 4.39 Å². The summed E-state index contributed by atoms with van der Waals surface area (Å²) >= 11 is 0. The molecule has 0 bridgehead atoms. The fraction of sp³-hybridized carbons (Fsp3) is 0.533. The molecule has 1 aromatic rings. The molecule has 2 rings (SSSR count). The van der Waals surface area contributed by atoms with Gasteiger partial charge in [0.05, 0.1) is 6.54 Å². The minimum absolute atomic E-state index is 0.0668. The van der Waals surface area contributed by atoms with E-state index in [0.29, 0.717) is 18.2 Å². The third-order valence-corrected chi connectivity index (χ3v) is 3.79. The van der Waals surface area contributed by atoms with Crippen LogP contribution in [0.2, 0.25) is 0 Å². The number of hydrogen-bond acceptors (Lipinski definition) is 3. The van der Waals surface area contributed by atoms with Crippen molar-refractivity contribution < 1.29 is 9.18 Å². The highest BCUT2D eigenvalue weighted by molar-refractivity contribution is 5.97. The predicted molar refractivity (Wildman–Crippen MR) is 73.9 cm³/mol. The number of halogens is 1. The number of carbonyl (C=O) groups excluding carboxylic acids is 1. The molecule has 0 radical (unpaired) electrons. The Morgan fingerprint density at radius 3 is 2.58 bits per heavy atom. The van der Waals surface area contributed by atoms with Crippen molar-refractivity contribution in [3.63, 3.8) is 0 Å². The lowest BCUT2D eigenvalue weighted by molar-refractivity contribution is 0.0723. The molecule has 0 N–H and O–H groups in total. The van der Waals surface area contributed by atoms with Crippen molar-refractivity contribution in [1.82, 2.24) is 9.80 Å². The minimum Gasteiger partial charge on any atom is -0.298 e. The van der Waals surface area contributed by atoms with Gasteiger partial charge in [0.25, 0.3) is 0 Å². The fourth-order valence-electron chi connectivity index (χ4n) is 2.61. The number of hydrogen-bond donors (Lipinski definition) is 0. The second-order valence-electron chi connectivity index (χ2n) is 5.14. The summed E-state index contributed by atoms with van der Waals surface area (Å²) in [5.74, 6) is -0.237. The Morgan fingerprint density at radius 1 is 1.32 bits per heavy atom. The standard InChI is InChI=1S/C15H21FN2O/c1-3-18-9-8-17(10-12(18)2)11-15(19)13-4-6-14(16)7-5-13/h4-7,12H,3,8-11H2,1-2H3. The Kier molecular flexibility index (Phi) is 4.66. The number of ketones is 1. The van der Waals surface area contributed by atoms with Crippen LogP contribution in [0.1, 0.15) is 24.2 Å². The van der Waals surface area contributed by atoms with Crippen LogP contribution in [0.25, 0.3) is 0 Å². The second kappa shape index (κ2) is 6.26. The van der Waals surface area contributed by atoms with Gasteiger partial charge in [0, 0.05) is 31.2 Å². The summed E-state index contributed by atoms with van der Waals surface area (Å²) in [5, 5.41) is 0. The molecule has 1 saturated heterocycles. The van der Waals surface area contributed by atoms with Gasteiger partial charge in [-0.2, -0.15) is 0 Å². The molecule has 1 atom stereocenters. The summed E-state index contributed by atoms with van der Waals surface area (Å²) in [6, 6.07) is 6.28. The predicted octanol–water partition coefficient (Wildman–Crippen LogP) is 2.03. The monoisotopic (exact) mass is 264 g/mol. The molecule has 0 saturated carbocycles. The van der Waals surface area contributed by atoms with Crippen LogP contribution in [-0.4, -0.2) is 54.3 Å². The lowest BCUT2D eigenvalue weighted by Crippen LogP contribution is -2.52. The maximum Gasteiger partial charge on any atom is 0.176 e. The molecule has 19 heavy (non-hydrogen) atoms. The van der Waals surface area contributed by atoms with Crippen molar-refractivity contribution in [2.45, 2.75) is 19.9 Å². The second-order valence-corrected chi connectivity index (χ2v) is 5.14. The molecule has 1 aliphatic rings. The van der Waals surface area contributed by atoms with Crippen molar-refractivity contribution in [3.8, 4) is 0 Å². The average Bonchev–Trinajstić information content (AvgIpc) is 2.39. The van der Waals surface area contributed by atoms with Crippen molar-refractivity contribution in [1.29, 1.82) is 0 Å². The first-order valence-electron chi connectivity index (χ1n) is 6.85.